The van der Waals surface area contributed by atoms with Gasteiger partial charge in [-0.2, -0.15) is 0 Å². The fourth-order valence-corrected chi connectivity index (χ4v) is 3.54. The highest BCUT2D eigenvalue weighted by Crippen LogP contribution is 2.36. The number of hydrogen-bond donors (Lipinski definition) is 1. The summed E-state index contributed by atoms with van der Waals surface area (Å²) in [4.78, 5) is 12.6. The Hall–Kier alpha value is -3.07. The number of carbonyl (C=O) groups is 1. The third-order valence-corrected chi connectivity index (χ3v) is 5.31. The molecule has 8 nitrogen and oxygen atoms in total. The van der Waals surface area contributed by atoms with Crippen LogP contribution < -0.4 is 10.1 Å². The van der Waals surface area contributed by atoms with Gasteiger partial charge in [-0.3, -0.25) is 4.79 Å². The zero-order chi connectivity index (χ0) is 19.0. The maximum Gasteiger partial charge on any atom is 0.237 e. The van der Waals surface area contributed by atoms with E-state index < -0.39 is 5.25 Å². The first-order chi connectivity index (χ1) is 13.1. The van der Waals surface area contributed by atoms with E-state index in [1.54, 1.807) is 27.1 Å². The highest BCUT2D eigenvalue weighted by atomic mass is 32.2. The topological polar surface area (TPSA) is 95.1 Å². The Morgan fingerprint density at radius 2 is 2.07 bits per heavy atom. The Morgan fingerprint density at radius 1 is 1.26 bits per heavy atom. The number of para-hydroxylation sites is 1. The number of ether oxygens (including phenoxy) is 1. The molecule has 4 aromatic rings. The van der Waals surface area contributed by atoms with Gasteiger partial charge in [-0.15, -0.1) is 5.10 Å². The second kappa shape index (κ2) is 6.92. The summed E-state index contributed by atoms with van der Waals surface area (Å²) >= 11 is 1.28. The number of carbonyl (C=O) groups excluding carboxylic acids is 1. The van der Waals surface area contributed by atoms with E-state index in [2.05, 4.69) is 20.8 Å². The zero-order valence-corrected chi connectivity index (χ0v) is 15.8. The van der Waals surface area contributed by atoms with Crippen molar-refractivity contribution in [2.24, 2.45) is 7.05 Å². The molecule has 2 aromatic carbocycles. The number of hydrogen-bond acceptors (Lipinski definition) is 7. The first-order valence-electron chi connectivity index (χ1n) is 8.26. The van der Waals surface area contributed by atoms with E-state index >= 15 is 0 Å². The van der Waals surface area contributed by atoms with Gasteiger partial charge in [-0.25, -0.2) is 4.68 Å². The molecule has 0 unspecified atom stereocenters. The molecule has 1 atom stereocenters. The van der Waals surface area contributed by atoms with Crippen LogP contribution in [0.15, 0.2) is 46.0 Å². The molecule has 1 N–H and O–H groups in total. The molecular weight excluding hydrogens is 366 g/mol. The van der Waals surface area contributed by atoms with Crippen molar-refractivity contribution >= 4 is 45.3 Å². The normalized spacial score (nSPS) is 12.4. The number of aryl methyl sites for hydroxylation is 1. The van der Waals surface area contributed by atoms with Crippen molar-refractivity contribution in [3.8, 4) is 5.75 Å². The lowest BCUT2D eigenvalue weighted by Gasteiger charge is -2.13. The number of rotatable bonds is 5. The molecule has 1 amide bonds. The quantitative estimate of drug-likeness (QED) is 0.529. The second-order valence-electron chi connectivity index (χ2n) is 5.98. The maximum atomic E-state index is 12.6. The minimum Gasteiger partial charge on any atom is -0.495 e. The standard InChI is InChI=1S/C18H17N5O3S/c1-10(27-18-20-21-22-23(18)2)17(24)19-13-9-15-12(8-16(13)25-3)11-6-4-5-7-14(11)26-15/h4-10H,1-3H3,(H,19,24)/t10-/m0/s1. The SMILES string of the molecule is COc1cc2c(cc1NC(=O)[C@H](C)Sc1nnnn1C)oc1ccccc12. The maximum absolute atomic E-state index is 12.6. The van der Waals surface area contributed by atoms with Gasteiger partial charge in [0.25, 0.3) is 0 Å². The van der Waals surface area contributed by atoms with Crippen LogP contribution in [0.2, 0.25) is 0 Å². The summed E-state index contributed by atoms with van der Waals surface area (Å²) in [6, 6.07) is 11.4. The van der Waals surface area contributed by atoms with Gasteiger partial charge in [0.15, 0.2) is 0 Å². The number of furan rings is 1. The Kier molecular flexibility index (Phi) is 4.44. The van der Waals surface area contributed by atoms with Gasteiger partial charge in [-0.1, -0.05) is 30.0 Å². The Labute approximate surface area is 158 Å². The molecule has 0 saturated heterocycles. The van der Waals surface area contributed by atoms with Crippen molar-refractivity contribution in [1.82, 2.24) is 20.2 Å². The van der Waals surface area contributed by atoms with E-state index in [0.29, 0.717) is 22.2 Å². The number of benzene rings is 2. The molecule has 0 radical (unpaired) electrons. The van der Waals surface area contributed by atoms with Gasteiger partial charge < -0.3 is 14.5 Å². The van der Waals surface area contributed by atoms with E-state index in [9.17, 15) is 4.79 Å². The predicted octanol–water partition coefficient (Wildman–Crippen LogP) is 3.24. The molecule has 2 aromatic heterocycles. The Balaban J connectivity index is 1.63. The van der Waals surface area contributed by atoms with Crippen molar-refractivity contribution in [3.05, 3.63) is 36.4 Å². The van der Waals surface area contributed by atoms with Crippen molar-refractivity contribution in [3.63, 3.8) is 0 Å². The van der Waals surface area contributed by atoms with Crippen LogP contribution in [0.25, 0.3) is 21.9 Å². The number of thioether (sulfide) groups is 1. The number of amides is 1. The largest absolute Gasteiger partial charge is 0.495 e. The molecule has 0 saturated carbocycles. The van der Waals surface area contributed by atoms with Gasteiger partial charge in [0.1, 0.15) is 16.9 Å². The van der Waals surface area contributed by atoms with Crippen LogP contribution in [-0.2, 0) is 11.8 Å². The van der Waals surface area contributed by atoms with E-state index in [1.165, 1.54) is 16.4 Å². The van der Waals surface area contributed by atoms with E-state index in [0.717, 1.165) is 16.4 Å². The molecule has 0 bridgehead atoms. The Bertz CT molecular complexity index is 1140. The highest BCUT2D eigenvalue weighted by molar-refractivity contribution is 8.00. The molecule has 138 valence electrons. The summed E-state index contributed by atoms with van der Waals surface area (Å²) in [5, 5.41) is 16.3. The zero-order valence-electron chi connectivity index (χ0n) is 15.0. The van der Waals surface area contributed by atoms with Crippen molar-refractivity contribution in [2.45, 2.75) is 17.3 Å². The van der Waals surface area contributed by atoms with Crippen molar-refractivity contribution in [1.29, 1.82) is 0 Å². The van der Waals surface area contributed by atoms with E-state index in [4.69, 9.17) is 9.15 Å². The van der Waals surface area contributed by atoms with Gasteiger partial charge in [0.05, 0.1) is 18.0 Å². The molecule has 0 aliphatic rings. The summed E-state index contributed by atoms with van der Waals surface area (Å²) in [5.74, 6) is 0.386. The average Bonchev–Trinajstić information content (AvgIpc) is 3.23. The van der Waals surface area contributed by atoms with Crippen LogP contribution in [-0.4, -0.2) is 38.5 Å². The molecule has 2 heterocycles. The van der Waals surface area contributed by atoms with E-state index in [1.807, 2.05) is 30.3 Å². The highest BCUT2D eigenvalue weighted by Gasteiger charge is 2.20. The molecule has 0 aliphatic heterocycles. The third kappa shape index (κ3) is 3.21. The summed E-state index contributed by atoms with van der Waals surface area (Å²) < 4.78 is 12.9. The molecule has 0 spiro atoms. The minimum atomic E-state index is -0.397. The number of fused-ring (bicyclic) bond motifs is 3. The lowest BCUT2D eigenvalue weighted by Crippen LogP contribution is -2.23. The number of nitrogens with one attached hydrogen (secondary N) is 1. The van der Waals surface area contributed by atoms with Crippen LogP contribution in [0.1, 0.15) is 6.92 Å². The molecule has 0 fully saturated rings. The number of nitrogens with zero attached hydrogens (tertiary/aromatic N) is 4. The van der Waals surface area contributed by atoms with Crippen LogP contribution in [0.4, 0.5) is 5.69 Å². The van der Waals surface area contributed by atoms with Gasteiger partial charge in [0, 0.05) is 23.9 Å². The fraction of sp³-hybridized carbons (Fsp3) is 0.222. The monoisotopic (exact) mass is 383 g/mol. The predicted molar refractivity (Wildman–Crippen MR) is 103 cm³/mol. The number of tetrazole rings is 1. The molecule has 9 heteroatoms. The molecular formula is C18H17N5O3S. The van der Waals surface area contributed by atoms with Gasteiger partial charge in [-0.05, 0) is 29.5 Å². The summed E-state index contributed by atoms with van der Waals surface area (Å²) in [7, 11) is 3.30. The molecule has 27 heavy (non-hydrogen) atoms. The Morgan fingerprint density at radius 3 is 2.81 bits per heavy atom. The number of methoxy groups -OCH3 is 1. The van der Waals surface area contributed by atoms with Gasteiger partial charge in [0.2, 0.25) is 11.1 Å². The van der Waals surface area contributed by atoms with Crippen molar-refractivity contribution < 1.29 is 13.9 Å². The van der Waals surface area contributed by atoms with Crippen LogP contribution >= 0.6 is 11.8 Å². The van der Waals surface area contributed by atoms with Gasteiger partial charge >= 0.3 is 0 Å². The summed E-state index contributed by atoms with van der Waals surface area (Å²) in [5.41, 5.74) is 2.03. The minimum absolute atomic E-state index is 0.184. The number of aromatic nitrogens is 4. The summed E-state index contributed by atoms with van der Waals surface area (Å²) in [6.07, 6.45) is 0. The first-order valence-corrected chi connectivity index (χ1v) is 9.14. The van der Waals surface area contributed by atoms with Crippen LogP contribution in [0, 0.1) is 0 Å². The number of anilines is 1. The molecule has 4 rings (SSSR count). The van der Waals surface area contributed by atoms with Crippen molar-refractivity contribution in [2.75, 3.05) is 12.4 Å². The molecule has 0 aliphatic carbocycles. The van der Waals surface area contributed by atoms with Crippen LogP contribution in [0.5, 0.6) is 5.75 Å². The van der Waals surface area contributed by atoms with Crippen LogP contribution in [0.3, 0.4) is 0 Å². The lowest BCUT2D eigenvalue weighted by molar-refractivity contribution is -0.115. The van der Waals surface area contributed by atoms with E-state index in [-0.39, 0.29) is 5.91 Å². The average molecular weight is 383 g/mol. The third-order valence-electron chi connectivity index (χ3n) is 4.19. The lowest BCUT2D eigenvalue weighted by atomic mass is 10.1. The first kappa shape index (κ1) is 17.3. The summed E-state index contributed by atoms with van der Waals surface area (Å²) in [6.45, 7) is 1.79. The smallest absolute Gasteiger partial charge is 0.237 e. The second-order valence-corrected chi connectivity index (χ2v) is 7.29. The fourth-order valence-electron chi connectivity index (χ4n) is 2.79.